The molecule has 1 aromatic rings. The van der Waals surface area contributed by atoms with Crippen molar-refractivity contribution in [2.24, 2.45) is 0 Å². The number of rotatable bonds is 5. The highest BCUT2D eigenvalue weighted by molar-refractivity contribution is 5.27. The molecule has 3 N–H and O–H groups in total. The molecule has 20 heavy (non-hydrogen) atoms. The smallest absolute Gasteiger partial charge is 0.152 e. The molecule has 0 saturated carbocycles. The highest BCUT2D eigenvalue weighted by Crippen LogP contribution is 2.16. The van der Waals surface area contributed by atoms with Gasteiger partial charge in [-0.15, -0.1) is 0 Å². The Hall–Kier alpha value is -1.52. The second kappa shape index (κ2) is 6.77. The van der Waals surface area contributed by atoms with Gasteiger partial charge in [0.1, 0.15) is 0 Å². The van der Waals surface area contributed by atoms with E-state index in [2.05, 4.69) is 45.1 Å². The summed E-state index contributed by atoms with van der Waals surface area (Å²) < 4.78 is 0. The molecule has 0 radical (unpaired) electrons. The second-order valence-electron chi connectivity index (χ2n) is 5.59. The minimum Gasteiger partial charge on any atom is -0.358 e. The molecule has 4 nitrogen and oxygen atoms in total. The first-order valence-electron chi connectivity index (χ1n) is 7.61. The third-order valence-corrected chi connectivity index (χ3v) is 4.07. The van der Waals surface area contributed by atoms with Gasteiger partial charge in [0.2, 0.25) is 0 Å². The summed E-state index contributed by atoms with van der Waals surface area (Å²) in [6, 6.07) is 8.77. The van der Waals surface area contributed by atoms with Crippen molar-refractivity contribution in [1.82, 2.24) is 20.9 Å². The fourth-order valence-electron chi connectivity index (χ4n) is 2.91. The Labute approximate surface area is 121 Å². The highest BCUT2D eigenvalue weighted by Gasteiger charge is 2.13. The summed E-state index contributed by atoms with van der Waals surface area (Å²) in [5.74, 6) is 0. The van der Waals surface area contributed by atoms with Gasteiger partial charge < -0.3 is 10.6 Å². The maximum absolute atomic E-state index is 3.47. The molecule has 0 atom stereocenters. The van der Waals surface area contributed by atoms with Gasteiger partial charge in [-0.25, -0.2) is 0 Å². The molecule has 1 fully saturated rings. The molecule has 0 amide bonds. The molecule has 108 valence electrons. The van der Waals surface area contributed by atoms with E-state index in [4.69, 9.17) is 0 Å². The van der Waals surface area contributed by atoms with Crippen molar-refractivity contribution in [2.75, 3.05) is 13.1 Å². The fraction of sp³-hybridized carbons (Fsp3) is 0.500. The van der Waals surface area contributed by atoms with E-state index in [0.717, 1.165) is 13.1 Å². The van der Waals surface area contributed by atoms with Gasteiger partial charge in [-0.2, -0.15) is 0 Å². The Morgan fingerprint density at radius 2 is 1.70 bits per heavy atom. The summed E-state index contributed by atoms with van der Waals surface area (Å²) in [7, 11) is 0. The Bertz CT molecular complexity index is 444. The lowest BCUT2D eigenvalue weighted by Crippen LogP contribution is -2.44. The number of likely N-dealkylation sites (tertiary alicyclic amines) is 1. The molecule has 2 aliphatic rings. The van der Waals surface area contributed by atoms with E-state index in [9.17, 15) is 0 Å². The monoisotopic (exact) mass is 272 g/mol. The number of nitrogens with one attached hydrogen (secondary N) is 3. The lowest BCUT2D eigenvalue weighted by Gasteiger charge is -2.27. The maximum Gasteiger partial charge on any atom is 0.152 e. The van der Waals surface area contributed by atoms with Crippen LogP contribution < -0.4 is 16.0 Å². The van der Waals surface area contributed by atoms with Crippen molar-refractivity contribution in [3.8, 4) is 0 Å². The van der Waals surface area contributed by atoms with Crippen LogP contribution in [0.1, 0.15) is 30.4 Å². The quantitative estimate of drug-likeness (QED) is 0.763. The molecule has 1 saturated heterocycles. The predicted molar refractivity (Wildman–Crippen MR) is 81.6 cm³/mol. The molecule has 0 unspecified atom stereocenters. The summed E-state index contributed by atoms with van der Waals surface area (Å²) in [5.41, 5.74) is 2.85. The molecule has 0 bridgehead atoms. The largest absolute Gasteiger partial charge is 0.358 e. The van der Waals surface area contributed by atoms with E-state index in [1.807, 2.05) is 12.4 Å². The standard InChI is InChI=1S/C16H24N4/c1-4-10-20(11-5-1)13-15-7-3-2-6-14(15)12-19-16-17-8-9-18-16/h2-3,6-9,16-19H,1,4-5,10-13H2. The van der Waals surface area contributed by atoms with Gasteiger partial charge in [-0.3, -0.25) is 10.2 Å². The molecule has 1 aromatic carbocycles. The third kappa shape index (κ3) is 3.52. The molecular weight excluding hydrogens is 248 g/mol. The van der Waals surface area contributed by atoms with Crippen molar-refractivity contribution in [3.63, 3.8) is 0 Å². The van der Waals surface area contributed by atoms with Crippen molar-refractivity contribution >= 4 is 0 Å². The van der Waals surface area contributed by atoms with Crippen LogP contribution in [0.15, 0.2) is 36.7 Å². The molecule has 0 aromatic heterocycles. The normalized spacial score (nSPS) is 19.8. The molecule has 0 spiro atoms. The van der Waals surface area contributed by atoms with Crippen molar-refractivity contribution < 1.29 is 0 Å². The fourth-order valence-corrected chi connectivity index (χ4v) is 2.91. The molecule has 3 rings (SSSR count). The van der Waals surface area contributed by atoms with Crippen molar-refractivity contribution in [3.05, 3.63) is 47.8 Å². The van der Waals surface area contributed by atoms with Crippen LogP contribution in [0.5, 0.6) is 0 Å². The number of hydrogen-bond donors (Lipinski definition) is 3. The number of nitrogens with zero attached hydrogens (tertiary/aromatic N) is 1. The molecular formula is C16H24N4. The van der Waals surface area contributed by atoms with Crippen LogP contribution in [0.3, 0.4) is 0 Å². The Balaban J connectivity index is 1.58. The Kier molecular flexibility index (Phi) is 4.56. The second-order valence-corrected chi connectivity index (χ2v) is 5.59. The zero-order chi connectivity index (χ0) is 13.6. The van der Waals surface area contributed by atoms with Crippen LogP contribution in [0.25, 0.3) is 0 Å². The first kappa shape index (κ1) is 13.5. The lowest BCUT2D eigenvalue weighted by molar-refractivity contribution is 0.220. The average Bonchev–Trinajstić information content (AvgIpc) is 3.01. The molecule has 4 heteroatoms. The minimum absolute atomic E-state index is 0.151. The molecule has 2 heterocycles. The van der Waals surface area contributed by atoms with Gasteiger partial charge in [0.05, 0.1) is 0 Å². The number of hydrogen-bond acceptors (Lipinski definition) is 4. The Morgan fingerprint density at radius 3 is 2.45 bits per heavy atom. The maximum atomic E-state index is 3.47. The minimum atomic E-state index is 0.151. The van der Waals surface area contributed by atoms with Crippen molar-refractivity contribution in [1.29, 1.82) is 0 Å². The van der Waals surface area contributed by atoms with Gasteiger partial charge in [0.25, 0.3) is 0 Å². The van der Waals surface area contributed by atoms with Crippen LogP contribution in [0.2, 0.25) is 0 Å². The van der Waals surface area contributed by atoms with Crippen LogP contribution in [0.4, 0.5) is 0 Å². The van der Waals surface area contributed by atoms with Gasteiger partial charge in [0, 0.05) is 25.5 Å². The first-order chi connectivity index (χ1) is 9.92. The first-order valence-corrected chi connectivity index (χ1v) is 7.61. The molecule has 2 aliphatic heterocycles. The Morgan fingerprint density at radius 1 is 1.00 bits per heavy atom. The number of benzene rings is 1. The zero-order valence-corrected chi connectivity index (χ0v) is 11.9. The predicted octanol–water partition coefficient (Wildman–Crippen LogP) is 1.71. The average molecular weight is 272 g/mol. The summed E-state index contributed by atoms with van der Waals surface area (Å²) in [6.07, 6.45) is 8.10. The van der Waals surface area contributed by atoms with Crippen molar-refractivity contribution in [2.45, 2.75) is 38.6 Å². The highest BCUT2D eigenvalue weighted by atomic mass is 15.3. The van der Waals surface area contributed by atoms with E-state index in [-0.39, 0.29) is 6.29 Å². The topological polar surface area (TPSA) is 39.3 Å². The van der Waals surface area contributed by atoms with Crippen LogP contribution in [0, 0.1) is 0 Å². The van der Waals surface area contributed by atoms with Gasteiger partial charge >= 0.3 is 0 Å². The summed E-state index contributed by atoms with van der Waals surface area (Å²) in [6.45, 7) is 4.47. The van der Waals surface area contributed by atoms with Gasteiger partial charge in [-0.1, -0.05) is 30.7 Å². The summed E-state index contributed by atoms with van der Waals surface area (Å²) in [5, 5.41) is 9.90. The molecule has 0 aliphatic carbocycles. The van der Waals surface area contributed by atoms with Crippen LogP contribution in [-0.4, -0.2) is 24.3 Å². The van der Waals surface area contributed by atoms with E-state index in [0.29, 0.717) is 0 Å². The van der Waals surface area contributed by atoms with Crippen LogP contribution >= 0.6 is 0 Å². The van der Waals surface area contributed by atoms with E-state index >= 15 is 0 Å². The lowest BCUT2D eigenvalue weighted by atomic mass is 10.0. The summed E-state index contributed by atoms with van der Waals surface area (Å²) in [4.78, 5) is 2.58. The van der Waals surface area contributed by atoms with E-state index in [1.165, 1.54) is 43.5 Å². The van der Waals surface area contributed by atoms with Crippen LogP contribution in [-0.2, 0) is 13.1 Å². The zero-order valence-electron chi connectivity index (χ0n) is 11.9. The van der Waals surface area contributed by atoms with Gasteiger partial charge in [0.15, 0.2) is 6.29 Å². The number of piperidine rings is 1. The third-order valence-electron chi connectivity index (χ3n) is 4.07. The van der Waals surface area contributed by atoms with Gasteiger partial charge in [-0.05, 0) is 37.1 Å². The van der Waals surface area contributed by atoms with E-state index < -0.39 is 0 Å². The van der Waals surface area contributed by atoms with E-state index in [1.54, 1.807) is 0 Å². The SMILES string of the molecule is C1=CNC(NCc2ccccc2CN2CCCCC2)N1. The summed E-state index contributed by atoms with van der Waals surface area (Å²) >= 11 is 0.